The van der Waals surface area contributed by atoms with Crippen LogP contribution in [0, 0.1) is 17.8 Å². The molecule has 6 bridgehead atoms. The van der Waals surface area contributed by atoms with Crippen LogP contribution in [0.1, 0.15) is 149 Å². The average Bonchev–Trinajstić information content (AvgIpc) is 2.52. The van der Waals surface area contributed by atoms with Gasteiger partial charge in [-0.1, -0.05) is 53.4 Å². The zero-order valence-electron chi connectivity index (χ0n) is 45.3. The molecule has 13 atom stereocenters. The van der Waals surface area contributed by atoms with Crippen molar-refractivity contribution in [3.05, 3.63) is 69.8 Å². The fourth-order valence-electron chi connectivity index (χ4n) is 19.3. The van der Waals surface area contributed by atoms with Gasteiger partial charge in [-0.05, 0) is 175 Å². The summed E-state index contributed by atoms with van der Waals surface area (Å²) < 4.78 is 18.1. The predicted molar refractivity (Wildman–Crippen MR) is 294 cm³/mol. The molecule has 0 aromatic heterocycles. The number of rotatable bonds is 5. The maximum absolute atomic E-state index is 12.8. The number of carbonyl (C=O) groups excluding carboxylic acids is 2. The Labute approximate surface area is 470 Å². The molecule has 9 aliphatic carbocycles. The number of piperidine rings is 3. The van der Waals surface area contributed by atoms with Crippen LogP contribution in [0.15, 0.2) is 36.4 Å². The number of Topliss-reactive ketones (excluding diaryl/α,β-unsaturated/α-hetero) is 2. The van der Waals surface area contributed by atoms with E-state index in [1.807, 2.05) is 18.2 Å². The quantitative estimate of drug-likeness (QED) is 0.133. The van der Waals surface area contributed by atoms with Gasteiger partial charge in [0.2, 0.25) is 0 Å². The van der Waals surface area contributed by atoms with Gasteiger partial charge in [0.05, 0.1) is 39.2 Å². The smallest absolute Gasteiger partial charge is 0.174 e. The van der Waals surface area contributed by atoms with E-state index in [2.05, 4.69) is 31.0 Å². The molecule has 424 valence electrons. The number of aromatic hydroxyl groups is 3. The number of carbonyl (C=O) groups is 2. The van der Waals surface area contributed by atoms with Crippen LogP contribution < -0.4 is 19.5 Å². The Hall–Kier alpha value is -4.00. The van der Waals surface area contributed by atoms with Crippen LogP contribution in [0.3, 0.4) is 0 Å². The van der Waals surface area contributed by atoms with Crippen molar-refractivity contribution >= 4 is 27.5 Å². The standard InChI is InChI=1S/C21H27NO4.C21H25NO4.C16H17NO4.C5H9Br/c2*23-14-5-4-13-10-16-21(25)7-6-15(24)19-20(21,17(13)18(14)26-19)8-9-22(16)11-12-2-1-3-12;18-9-2-1-8-7-11-16(20)4-3-10(19)14-15(16,5-6-17-11)12(8)13(9)21-14;6-4-5-2-1-3-5/h4-5,12,15-16,19,23-25H,1-3,6-11H2;4-5,12,16,19,23,25H,1-3,6-11H2;1-2,11,14,17-18,20H,3-7H2;5H,1-4H2/t15-,16+,19-,20-,21+;16-,19+,20+,21-;11-,14+,15+,16-;/m011./s1. The van der Waals surface area contributed by atoms with E-state index in [9.17, 15) is 45.3 Å². The molecule has 3 aromatic carbocycles. The summed E-state index contributed by atoms with van der Waals surface area (Å²) in [4.78, 5) is 30.2. The van der Waals surface area contributed by atoms with Crippen molar-refractivity contribution in [2.24, 2.45) is 17.8 Å². The zero-order chi connectivity index (χ0) is 54.2. The molecule has 6 aliphatic heterocycles. The van der Waals surface area contributed by atoms with Gasteiger partial charge in [-0.2, -0.15) is 0 Å². The number of nitrogens with zero attached hydrogens (tertiary/aromatic N) is 2. The summed E-state index contributed by atoms with van der Waals surface area (Å²) >= 11 is 3.43. The molecule has 0 amide bonds. The van der Waals surface area contributed by atoms with E-state index in [4.69, 9.17) is 14.2 Å². The maximum Gasteiger partial charge on any atom is 0.174 e. The van der Waals surface area contributed by atoms with Crippen molar-refractivity contribution in [2.75, 3.05) is 38.1 Å². The van der Waals surface area contributed by atoms with Crippen LogP contribution in [-0.2, 0) is 45.1 Å². The molecule has 18 rings (SSSR count). The number of phenolic OH excluding ortho intramolecular Hbond substituents is 3. The van der Waals surface area contributed by atoms with Crippen LogP contribution in [0.4, 0.5) is 0 Å². The van der Waals surface area contributed by atoms with Crippen molar-refractivity contribution in [1.29, 1.82) is 0 Å². The van der Waals surface area contributed by atoms with E-state index in [-0.39, 0.29) is 46.9 Å². The first kappa shape index (κ1) is 51.8. The molecular formula is C63H78BrN3O12. The summed E-state index contributed by atoms with van der Waals surface area (Å²) in [5, 5.41) is 81.8. The average molecular weight is 1150 g/mol. The Morgan fingerprint density at radius 2 is 1.00 bits per heavy atom. The molecule has 3 spiro atoms. The second kappa shape index (κ2) is 18.2. The van der Waals surface area contributed by atoms with Crippen molar-refractivity contribution < 1.29 is 59.5 Å². The molecule has 3 saturated heterocycles. The molecule has 6 saturated carbocycles. The number of hydrogen-bond acceptors (Lipinski definition) is 15. The summed E-state index contributed by atoms with van der Waals surface area (Å²) in [5.41, 5.74) is 1.49. The Balaban J connectivity index is 0.0000000978. The van der Waals surface area contributed by atoms with Gasteiger partial charge in [0.15, 0.2) is 58.3 Å². The first-order valence-electron chi connectivity index (χ1n) is 30.3. The molecule has 3 aromatic rings. The lowest BCUT2D eigenvalue weighted by Gasteiger charge is -2.64. The van der Waals surface area contributed by atoms with E-state index >= 15 is 0 Å². The lowest BCUT2D eigenvalue weighted by Crippen LogP contribution is -2.77. The molecule has 0 radical (unpaired) electrons. The van der Waals surface area contributed by atoms with Crippen molar-refractivity contribution in [3.8, 4) is 34.5 Å². The fourth-order valence-corrected chi connectivity index (χ4v) is 20.0. The third-order valence-corrected chi connectivity index (χ3v) is 24.8. The SMILES string of the molecule is BrCC1CCC1.O=C1CC[C@@]2(O)[C@H]3Cc4ccc(O)c5c4[C@@]2(CCN3)[C@H]1O5.O=C1CC[C@@]2(O)[C@H]3Cc4ccc(O)c5c4[C@@]2(CCN3CC2CCC2)[C@H]1O5.Oc1ccc2c3c1O[C@H]1[C@@H](O)CC[C@@]4(O)[C@@H](C2)N(CC2CCC2)CC[C@]314. The first-order chi connectivity index (χ1) is 38.1. The minimum Gasteiger partial charge on any atom is -0.504 e. The first-order valence-corrected chi connectivity index (χ1v) is 31.5. The third kappa shape index (κ3) is 6.83. The topological polar surface area (TPSA) is 222 Å². The Kier molecular flexibility index (Phi) is 12.0. The summed E-state index contributed by atoms with van der Waals surface area (Å²) in [7, 11) is 0. The predicted octanol–water partition coefficient (Wildman–Crippen LogP) is 6.21. The number of nitrogens with one attached hydrogen (secondary N) is 1. The van der Waals surface area contributed by atoms with Gasteiger partial charge >= 0.3 is 0 Å². The van der Waals surface area contributed by atoms with E-state index in [1.54, 1.807) is 18.2 Å². The second-order valence-corrected chi connectivity index (χ2v) is 27.7. The Morgan fingerprint density at radius 3 is 1.49 bits per heavy atom. The van der Waals surface area contributed by atoms with E-state index in [1.165, 1.54) is 68.7 Å². The van der Waals surface area contributed by atoms with Gasteiger partial charge < -0.3 is 55.3 Å². The molecule has 16 heteroatoms. The highest BCUT2D eigenvalue weighted by Gasteiger charge is 2.76. The van der Waals surface area contributed by atoms with Crippen LogP contribution in [0.25, 0.3) is 0 Å². The molecule has 15 aliphatic rings. The minimum atomic E-state index is -0.962. The van der Waals surface area contributed by atoms with E-state index in [0.717, 1.165) is 104 Å². The van der Waals surface area contributed by atoms with Crippen LogP contribution in [0.2, 0.25) is 0 Å². The van der Waals surface area contributed by atoms with Crippen LogP contribution in [0.5, 0.6) is 34.5 Å². The monoisotopic (exact) mass is 1150 g/mol. The lowest BCUT2D eigenvalue weighted by molar-refractivity contribution is -0.209. The molecule has 0 unspecified atom stereocenters. The van der Waals surface area contributed by atoms with Gasteiger partial charge in [0.25, 0.3) is 0 Å². The maximum atomic E-state index is 12.8. The number of ether oxygens (including phenoxy) is 3. The van der Waals surface area contributed by atoms with Crippen LogP contribution >= 0.6 is 15.9 Å². The highest BCUT2D eigenvalue weighted by molar-refractivity contribution is 9.09. The molecule has 8 N–H and O–H groups in total. The van der Waals surface area contributed by atoms with E-state index < -0.39 is 57.5 Å². The van der Waals surface area contributed by atoms with Crippen LogP contribution in [-0.4, -0.2) is 155 Å². The molecule has 79 heavy (non-hydrogen) atoms. The van der Waals surface area contributed by atoms with Crippen molar-refractivity contribution in [3.63, 3.8) is 0 Å². The number of ketones is 2. The van der Waals surface area contributed by atoms with E-state index in [0.29, 0.717) is 68.6 Å². The second-order valence-electron chi connectivity index (χ2n) is 27.0. The normalized spacial score (nSPS) is 40.8. The number of benzene rings is 3. The number of aliphatic hydroxyl groups is 4. The highest BCUT2D eigenvalue weighted by atomic mass is 79.9. The zero-order valence-corrected chi connectivity index (χ0v) is 46.9. The summed E-state index contributed by atoms with van der Waals surface area (Å²) in [5.74, 6) is 4.37. The Bertz CT molecular complexity index is 3020. The number of alkyl halides is 1. The largest absolute Gasteiger partial charge is 0.504 e. The van der Waals surface area contributed by atoms with Gasteiger partial charge in [-0.25, -0.2) is 0 Å². The number of hydrogen-bond donors (Lipinski definition) is 8. The molecule has 6 heterocycles. The highest BCUT2D eigenvalue weighted by Crippen LogP contribution is 2.68. The number of likely N-dealkylation sites (tertiary alicyclic amines) is 2. The summed E-state index contributed by atoms with van der Waals surface area (Å²) in [6, 6.07) is 11.0. The lowest BCUT2D eigenvalue weighted by atomic mass is 9.48. The minimum absolute atomic E-state index is 0.0408. The summed E-state index contributed by atoms with van der Waals surface area (Å²) in [6.45, 7) is 4.73. The van der Waals surface area contributed by atoms with Gasteiger partial charge in [-0.3, -0.25) is 19.4 Å². The van der Waals surface area contributed by atoms with Crippen molar-refractivity contribution in [2.45, 2.75) is 210 Å². The fraction of sp³-hybridized carbons (Fsp3) is 0.683. The number of aliphatic hydroxyl groups excluding tert-OH is 1. The molecule has 15 nitrogen and oxygen atoms in total. The van der Waals surface area contributed by atoms with Crippen molar-refractivity contribution in [1.82, 2.24) is 15.1 Å². The third-order valence-electron chi connectivity index (χ3n) is 23.9. The van der Waals surface area contributed by atoms with Gasteiger partial charge in [-0.15, -0.1) is 0 Å². The molecule has 9 fully saturated rings. The number of phenols is 3. The Morgan fingerprint density at radius 1 is 0.544 bits per heavy atom. The number of halogens is 1. The van der Waals surface area contributed by atoms with Gasteiger partial charge in [0, 0.05) is 66.1 Å². The molecular weight excluding hydrogens is 1070 g/mol. The summed E-state index contributed by atoms with van der Waals surface area (Å²) in [6.07, 6.45) is 17.3. The van der Waals surface area contributed by atoms with Gasteiger partial charge in [0.1, 0.15) is 6.10 Å².